The summed E-state index contributed by atoms with van der Waals surface area (Å²) in [6.45, 7) is 2.24. The number of hydrogen-bond donors (Lipinski definition) is 1. The van der Waals surface area contributed by atoms with E-state index in [4.69, 9.17) is 22.1 Å². The van der Waals surface area contributed by atoms with E-state index in [1.165, 1.54) is 5.56 Å². The van der Waals surface area contributed by atoms with Crippen molar-refractivity contribution in [3.63, 3.8) is 0 Å². The van der Waals surface area contributed by atoms with Gasteiger partial charge in [-0.1, -0.05) is 18.5 Å². The molecule has 0 aromatic heterocycles. The predicted molar refractivity (Wildman–Crippen MR) is 67.0 cm³/mol. The van der Waals surface area contributed by atoms with Crippen LogP contribution in [0.5, 0.6) is 5.75 Å². The van der Waals surface area contributed by atoms with Crippen LogP contribution in [0, 0.1) is 5.92 Å². The van der Waals surface area contributed by atoms with Gasteiger partial charge in [-0.15, -0.1) is 0 Å². The number of hydrogen-bond acceptors (Lipinski definition) is 2. The summed E-state index contributed by atoms with van der Waals surface area (Å²) >= 11 is 6.25. The van der Waals surface area contributed by atoms with Crippen LogP contribution in [0.1, 0.15) is 36.9 Å². The predicted octanol–water partition coefficient (Wildman–Crippen LogP) is 3.32. The zero-order chi connectivity index (χ0) is 11.7. The molecule has 0 amide bonds. The summed E-state index contributed by atoms with van der Waals surface area (Å²) < 4.78 is 5.39. The van der Waals surface area contributed by atoms with Gasteiger partial charge in [0.1, 0.15) is 5.75 Å². The third-order valence-electron chi connectivity index (χ3n) is 3.40. The van der Waals surface area contributed by atoms with Crippen molar-refractivity contribution < 1.29 is 4.74 Å². The molecular weight excluding hydrogens is 222 g/mol. The van der Waals surface area contributed by atoms with Crippen molar-refractivity contribution in [2.24, 2.45) is 11.7 Å². The topological polar surface area (TPSA) is 35.2 Å². The smallest absolute Gasteiger partial charge is 0.122 e. The van der Waals surface area contributed by atoms with Gasteiger partial charge in [0.15, 0.2) is 0 Å². The first kappa shape index (κ1) is 11.7. The largest absolute Gasteiger partial charge is 0.496 e. The fourth-order valence-corrected chi connectivity index (χ4v) is 2.84. The van der Waals surface area contributed by atoms with Crippen LogP contribution in [0.2, 0.25) is 5.02 Å². The second-order valence-electron chi connectivity index (χ2n) is 4.63. The Balaban J connectivity index is 2.52. The van der Waals surface area contributed by atoms with Crippen LogP contribution in [0.15, 0.2) is 12.1 Å². The van der Waals surface area contributed by atoms with Crippen LogP contribution in [0.25, 0.3) is 0 Å². The van der Waals surface area contributed by atoms with Crippen molar-refractivity contribution in [1.29, 1.82) is 0 Å². The number of methoxy groups -OCH3 is 1. The molecule has 0 spiro atoms. The maximum Gasteiger partial charge on any atom is 0.122 e. The number of rotatable bonds is 1. The van der Waals surface area contributed by atoms with E-state index in [-0.39, 0.29) is 6.04 Å². The minimum absolute atomic E-state index is 0.0371. The van der Waals surface area contributed by atoms with Crippen LogP contribution in [0.4, 0.5) is 0 Å². The van der Waals surface area contributed by atoms with Crippen molar-refractivity contribution in [1.82, 2.24) is 0 Å². The van der Waals surface area contributed by atoms with Crippen molar-refractivity contribution in [2.45, 2.75) is 32.2 Å². The first-order valence-corrected chi connectivity index (χ1v) is 6.12. The molecule has 16 heavy (non-hydrogen) atoms. The SMILES string of the molecule is COc1ccc(Cl)c2c1CCC(C)CC2N. The van der Waals surface area contributed by atoms with Gasteiger partial charge in [-0.2, -0.15) is 0 Å². The lowest BCUT2D eigenvalue weighted by Crippen LogP contribution is -2.13. The number of nitrogens with two attached hydrogens (primary N) is 1. The van der Waals surface area contributed by atoms with Gasteiger partial charge in [0, 0.05) is 16.6 Å². The molecule has 2 atom stereocenters. The Bertz CT molecular complexity index is 392. The molecule has 2 nitrogen and oxygen atoms in total. The fraction of sp³-hybridized carbons (Fsp3) is 0.538. The molecule has 1 aliphatic rings. The van der Waals surface area contributed by atoms with E-state index in [1.807, 2.05) is 12.1 Å². The molecule has 0 saturated carbocycles. The molecule has 1 aliphatic carbocycles. The number of benzene rings is 1. The van der Waals surface area contributed by atoms with E-state index in [9.17, 15) is 0 Å². The normalized spacial score (nSPS) is 24.8. The van der Waals surface area contributed by atoms with Crippen molar-refractivity contribution >= 4 is 11.6 Å². The summed E-state index contributed by atoms with van der Waals surface area (Å²) in [5.74, 6) is 1.56. The van der Waals surface area contributed by atoms with Crippen molar-refractivity contribution in [2.75, 3.05) is 7.11 Å². The van der Waals surface area contributed by atoms with Crippen LogP contribution in [0.3, 0.4) is 0 Å². The highest BCUT2D eigenvalue weighted by molar-refractivity contribution is 6.31. The van der Waals surface area contributed by atoms with Crippen LogP contribution in [-0.4, -0.2) is 7.11 Å². The average Bonchev–Trinajstić information content (AvgIpc) is 2.39. The summed E-state index contributed by atoms with van der Waals surface area (Å²) in [5, 5.41) is 0.775. The van der Waals surface area contributed by atoms with E-state index in [0.29, 0.717) is 5.92 Å². The summed E-state index contributed by atoms with van der Waals surface area (Å²) in [6, 6.07) is 3.86. The third kappa shape index (κ3) is 2.04. The van der Waals surface area contributed by atoms with E-state index in [2.05, 4.69) is 6.92 Å². The van der Waals surface area contributed by atoms with Crippen molar-refractivity contribution in [3.8, 4) is 5.75 Å². The first-order valence-electron chi connectivity index (χ1n) is 5.74. The van der Waals surface area contributed by atoms with E-state index >= 15 is 0 Å². The maximum atomic E-state index is 6.25. The Kier molecular flexibility index (Phi) is 3.41. The molecule has 2 rings (SSSR count). The molecule has 0 heterocycles. The van der Waals surface area contributed by atoms with Gasteiger partial charge in [0.2, 0.25) is 0 Å². The van der Waals surface area contributed by atoms with Crippen LogP contribution in [-0.2, 0) is 6.42 Å². The molecule has 0 bridgehead atoms. The highest BCUT2D eigenvalue weighted by Crippen LogP contribution is 2.39. The zero-order valence-corrected chi connectivity index (χ0v) is 10.6. The van der Waals surface area contributed by atoms with E-state index in [0.717, 1.165) is 35.6 Å². The average molecular weight is 240 g/mol. The summed E-state index contributed by atoms with van der Waals surface area (Å²) in [4.78, 5) is 0. The van der Waals surface area contributed by atoms with Gasteiger partial charge in [-0.3, -0.25) is 0 Å². The Hall–Kier alpha value is -0.730. The van der Waals surface area contributed by atoms with Gasteiger partial charge in [-0.25, -0.2) is 0 Å². The summed E-state index contributed by atoms with van der Waals surface area (Å²) in [7, 11) is 1.70. The standard InChI is InChI=1S/C13H18ClNO/c1-8-3-4-9-12(16-2)6-5-10(14)13(9)11(15)7-8/h5-6,8,11H,3-4,7,15H2,1-2H3. The van der Waals surface area contributed by atoms with Gasteiger partial charge in [0.25, 0.3) is 0 Å². The second-order valence-corrected chi connectivity index (χ2v) is 5.04. The van der Waals surface area contributed by atoms with Gasteiger partial charge < -0.3 is 10.5 Å². The molecule has 3 heteroatoms. The molecule has 2 N–H and O–H groups in total. The Morgan fingerprint density at radius 1 is 1.44 bits per heavy atom. The first-order chi connectivity index (χ1) is 7.63. The molecule has 2 unspecified atom stereocenters. The number of ether oxygens (including phenoxy) is 1. The molecule has 0 aliphatic heterocycles. The van der Waals surface area contributed by atoms with E-state index in [1.54, 1.807) is 7.11 Å². The van der Waals surface area contributed by atoms with Crippen LogP contribution < -0.4 is 10.5 Å². The molecular formula is C13H18ClNO. The Morgan fingerprint density at radius 3 is 2.88 bits per heavy atom. The minimum Gasteiger partial charge on any atom is -0.496 e. The molecule has 0 saturated heterocycles. The van der Waals surface area contributed by atoms with Gasteiger partial charge in [-0.05, 0) is 42.9 Å². The monoisotopic (exact) mass is 239 g/mol. The Labute approximate surface area is 102 Å². The lowest BCUT2D eigenvalue weighted by Gasteiger charge is -2.17. The number of halogens is 1. The second kappa shape index (κ2) is 4.64. The molecule has 0 radical (unpaired) electrons. The summed E-state index contributed by atoms with van der Waals surface area (Å²) in [6.07, 6.45) is 3.16. The molecule has 1 aromatic carbocycles. The highest BCUT2D eigenvalue weighted by Gasteiger charge is 2.24. The van der Waals surface area contributed by atoms with Gasteiger partial charge in [0.05, 0.1) is 7.11 Å². The molecule has 88 valence electrons. The van der Waals surface area contributed by atoms with Gasteiger partial charge >= 0.3 is 0 Å². The lowest BCUT2D eigenvalue weighted by atomic mass is 9.97. The quantitative estimate of drug-likeness (QED) is 0.763. The minimum atomic E-state index is 0.0371. The molecule has 1 aromatic rings. The number of fused-ring (bicyclic) bond motifs is 1. The fourth-order valence-electron chi connectivity index (χ4n) is 2.53. The zero-order valence-electron chi connectivity index (χ0n) is 9.79. The Morgan fingerprint density at radius 2 is 2.19 bits per heavy atom. The lowest BCUT2D eigenvalue weighted by molar-refractivity contribution is 0.408. The summed E-state index contributed by atoms with van der Waals surface area (Å²) in [5.41, 5.74) is 8.51. The molecule has 0 fully saturated rings. The van der Waals surface area contributed by atoms with Crippen molar-refractivity contribution in [3.05, 3.63) is 28.3 Å². The highest BCUT2D eigenvalue weighted by atomic mass is 35.5. The maximum absolute atomic E-state index is 6.25. The van der Waals surface area contributed by atoms with Crippen LogP contribution >= 0.6 is 11.6 Å². The third-order valence-corrected chi connectivity index (χ3v) is 3.72. The van der Waals surface area contributed by atoms with E-state index < -0.39 is 0 Å².